The van der Waals surface area contributed by atoms with Crippen molar-refractivity contribution in [3.63, 3.8) is 0 Å². The van der Waals surface area contributed by atoms with Gasteiger partial charge in [-0.3, -0.25) is 4.79 Å². The van der Waals surface area contributed by atoms with Crippen molar-refractivity contribution in [2.24, 2.45) is 0 Å². The number of carbonyl (C=O) groups is 1. The van der Waals surface area contributed by atoms with Crippen LogP contribution in [0.4, 0.5) is 0 Å². The van der Waals surface area contributed by atoms with E-state index in [2.05, 4.69) is 0 Å². The van der Waals surface area contributed by atoms with Gasteiger partial charge in [0.1, 0.15) is 0 Å². The Hall–Kier alpha value is -1.64. The van der Waals surface area contributed by atoms with E-state index in [9.17, 15) is 4.79 Å². The maximum atomic E-state index is 12.7. The molecule has 0 radical (unpaired) electrons. The van der Waals surface area contributed by atoms with Crippen LogP contribution in [0.2, 0.25) is 5.02 Å². The van der Waals surface area contributed by atoms with Gasteiger partial charge in [-0.2, -0.15) is 0 Å². The standard InChI is InChI=1S/C17H18ClNO/c1-19(2)12-16(14-9-6-10-15(18)11-14)17(20)13-7-4-3-5-8-13/h3-11,16H,12H2,1-2H3. The Labute approximate surface area is 125 Å². The number of nitrogens with zero attached hydrogens (tertiary/aromatic N) is 1. The molecule has 2 aromatic carbocycles. The fourth-order valence-electron chi connectivity index (χ4n) is 2.23. The number of carbonyl (C=O) groups excluding carboxylic acids is 1. The van der Waals surface area contributed by atoms with Crippen molar-refractivity contribution in [2.45, 2.75) is 5.92 Å². The highest BCUT2D eigenvalue weighted by molar-refractivity contribution is 6.30. The molecule has 0 fully saturated rings. The molecule has 0 bridgehead atoms. The molecule has 1 atom stereocenters. The molecule has 0 spiro atoms. The number of halogens is 1. The van der Waals surface area contributed by atoms with Crippen molar-refractivity contribution in [2.75, 3.05) is 20.6 Å². The molecule has 2 rings (SSSR count). The zero-order valence-electron chi connectivity index (χ0n) is 11.7. The maximum absolute atomic E-state index is 12.7. The van der Waals surface area contributed by atoms with Crippen molar-refractivity contribution < 1.29 is 4.79 Å². The van der Waals surface area contributed by atoms with Gasteiger partial charge in [-0.1, -0.05) is 54.1 Å². The van der Waals surface area contributed by atoms with E-state index in [1.807, 2.05) is 73.6 Å². The number of benzene rings is 2. The second-order valence-electron chi connectivity index (χ2n) is 5.10. The topological polar surface area (TPSA) is 20.3 Å². The third-order valence-corrected chi connectivity index (χ3v) is 3.41. The number of rotatable bonds is 5. The first-order valence-electron chi connectivity index (χ1n) is 6.57. The van der Waals surface area contributed by atoms with Gasteiger partial charge in [0.05, 0.1) is 5.92 Å². The third kappa shape index (κ3) is 3.69. The molecule has 0 aliphatic rings. The first-order valence-corrected chi connectivity index (χ1v) is 6.95. The quantitative estimate of drug-likeness (QED) is 0.778. The van der Waals surface area contributed by atoms with Crippen LogP contribution < -0.4 is 0 Å². The van der Waals surface area contributed by atoms with Crippen molar-refractivity contribution in [3.8, 4) is 0 Å². The Morgan fingerprint density at radius 3 is 2.40 bits per heavy atom. The number of hydrogen-bond acceptors (Lipinski definition) is 2. The van der Waals surface area contributed by atoms with Gasteiger partial charge in [-0.25, -0.2) is 0 Å². The van der Waals surface area contributed by atoms with E-state index in [-0.39, 0.29) is 11.7 Å². The highest BCUT2D eigenvalue weighted by Gasteiger charge is 2.22. The molecule has 0 N–H and O–H groups in total. The fourth-order valence-corrected chi connectivity index (χ4v) is 2.43. The van der Waals surface area contributed by atoms with Gasteiger partial charge in [-0.05, 0) is 31.8 Å². The molecular formula is C17H18ClNO. The molecule has 0 heterocycles. The largest absolute Gasteiger partial charge is 0.308 e. The number of hydrogen-bond donors (Lipinski definition) is 0. The summed E-state index contributed by atoms with van der Waals surface area (Å²) >= 11 is 6.05. The first-order chi connectivity index (χ1) is 9.58. The van der Waals surface area contributed by atoms with Crippen LogP contribution in [-0.2, 0) is 0 Å². The van der Waals surface area contributed by atoms with Gasteiger partial charge in [0, 0.05) is 17.1 Å². The summed E-state index contributed by atoms with van der Waals surface area (Å²) in [5, 5.41) is 0.659. The Morgan fingerprint density at radius 2 is 1.80 bits per heavy atom. The van der Waals surface area contributed by atoms with Crippen LogP contribution in [0.1, 0.15) is 21.8 Å². The summed E-state index contributed by atoms with van der Waals surface area (Å²) in [6.45, 7) is 0.661. The third-order valence-electron chi connectivity index (χ3n) is 3.17. The minimum atomic E-state index is -0.203. The summed E-state index contributed by atoms with van der Waals surface area (Å²) < 4.78 is 0. The average Bonchev–Trinajstić information content (AvgIpc) is 2.45. The summed E-state index contributed by atoms with van der Waals surface area (Å²) in [5.74, 6) is -0.0762. The number of Topliss-reactive ketones (excluding diaryl/α,β-unsaturated/α-hetero) is 1. The normalized spacial score (nSPS) is 12.4. The summed E-state index contributed by atoms with van der Waals surface area (Å²) in [5.41, 5.74) is 1.69. The summed E-state index contributed by atoms with van der Waals surface area (Å²) in [7, 11) is 3.94. The van der Waals surface area contributed by atoms with E-state index in [4.69, 9.17) is 11.6 Å². The zero-order chi connectivity index (χ0) is 14.5. The Morgan fingerprint density at radius 1 is 1.10 bits per heavy atom. The Bertz CT molecular complexity index is 581. The van der Waals surface area contributed by atoms with Gasteiger partial charge in [-0.15, -0.1) is 0 Å². The van der Waals surface area contributed by atoms with Crippen molar-refractivity contribution in [1.82, 2.24) is 4.90 Å². The molecule has 0 saturated carbocycles. The van der Waals surface area contributed by atoms with Crippen LogP contribution in [0, 0.1) is 0 Å². The van der Waals surface area contributed by atoms with Crippen molar-refractivity contribution >= 4 is 17.4 Å². The Balaban J connectivity index is 2.35. The lowest BCUT2D eigenvalue weighted by Gasteiger charge is -2.20. The number of ketones is 1. The minimum Gasteiger partial charge on any atom is -0.308 e. The first kappa shape index (κ1) is 14.8. The molecule has 0 aliphatic heterocycles. The molecule has 0 amide bonds. The van der Waals surface area contributed by atoms with E-state index >= 15 is 0 Å². The summed E-state index contributed by atoms with van der Waals surface area (Å²) in [4.78, 5) is 14.7. The van der Waals surface area contributed by atoms with E-state index in [0.29, 0.717) is 11.6 Å². The van der Waals surface area contributed by atoms with Gasteiger partial charge in [0.25, 0.3) is 0 Å². The maximum Gasteiger partial charge on any atom is 0.171 e. The molecule has 0 saturated heterocycles. The fraction of sp³-hybridized carbons (Fsp3) is 0.235. The second kappa shape index (κ2) is 6.69. The van der Waals surface area contributed by atoms with Gasteiger partial charge in [0.2, 0.25) is 0 Å². The lowest BCUT2D eigenvalue weighted by atomic mass is 9.90. The van der Waals surface area contributed by atoms with Crippen molar-refractivity contribution in [3.05, 3.63) is 70.7 Å². The zero-order valence-corrected chi connectivity index (χ0v) is 12.5. The number of likely N-dealkylation sites (N-methyl/N-ethyl adjacent to an activating group) is 1. The van der Waals surface area contributed by atoms with E-state index in [0.717, 1.165) is 11.1 Å². The molecule has 0 aromatic heterocycles. The van der Waals surface area contributed by atoms with E-state index in [1.54, 1.807) is 0 Å². The predicted octanol–water partition coefficient (Wildman–Crippen LogP) is 3.87. The molecule has 0 aliphatic carbocycles. The van der Waals surface area contributed by atoms with Gasteiger partial charge >= 0.3 is 0 Å². The van der Waals surface area contributed by atoms with Crippen LogP contribution in [0.5, 0.6) is 0 Å². The minimum absolute atomic E-state index is 0.126. The lowest BCUT2D eigenvalue weighted by Crippen LogP contribution is -2.26. The Kier molecular flexibility index (Phi) is 4.94. The SMILES string of the molecule is CN(C)CC(C(=O)c1ccccc1)c1cccc(Cl)c1. The summed E-state index contributed by atoms with van der Waals surface area (Å²) in [6, 6.07) is 16.9. The highest BCUT2D eigenvalue weighted by Crippen LogP contribution is 2.24. The predicted molar refractivity (Wildman–Crippen MR) is 83.5 cm³/mol. The van der Waals surface area contributed by atoms with Crippen LogP contribution >= 0.6 is 11.6 Å². The van der Waals surface area contributed by atoms with E-state index < -0.39 is 0 Å². The molecule has 3 heteroatoms. The highest BCUT2D eigenvalue weighted by atomic mass is 35.5. The molecule has 104 valence electrons. The molecule has 2 aromatic rings. The smallest absolute Gasteiger partial charge is 0.171 e. The van der Waals surface area contributed by atoms with Crippen LogP contribution in [0.3, 0.4) is 0 Å². The van der Waals surface area contributed by atoms with Gasteiger partial charge < -0.3 is 4.90 Å². The van der Waals surface area contributed by atoms with E-state index in [1.165, 1.54) is 0 Å². The molecule has 2 nitrogen and oxygen atoms in total. The molecule has 20 heavy (non-hydrogen) atoms. The average molecular weight is 288 g/mol. The van der Waals surface area contributed by atoms with Crippen molar-refractivity contribution in [1.29, 1.82) is 0 Å². The lowest BCUT2D eigenvalue weighted by molar-refractivity contribution is 0.0945. The second-order valence-corrected chi connectivity index (χ2v) is 5.54. The molecular weight excluding hydrogens is 270 g/mol. The van der Waals surface area contributed by atoms with Crippen LogP contribution in [0.25, 0.3) is 0 Å². The monoisotopic (exact) mass is 287 g/mol. The summed E-state index contributed by atoms with van der Waals surface area (Å²) in [6.07, 6.45) is 0. The molecule has 1 unspecified atom stereocenters. The van der Waals surface area contributed by atoms with Gasteiger partial charge in [0.15, 0.2) is 5.78 Å². The van der Waals surface area contributed by atoms with Crippen LogP contribution in [0.15, 0.2) is 54.6 Å². The van der Waals surface area contributed by atoms with Crippen LogP contribution in [-0.4, -0.2) is 31.3 Å².